The minimum atomic E-state index is -0.725. The summed E-state index contributed by atoms with van der Waals surface area (Å²) in [6, 6.07) is 6.45. The van der Waals surface area contributed by atoms with E-state index in [0.29, 0.717) is 41.7 Å². The zero-order valence-corrected chi connectivity index (χ0v) is 35.1. The predicted molar refractivity (Wildman–Crippen MR) is 230 cm³/mol. The number of hydrogen-bond donors (Lipinski definition) is 3. The highest BCUT2D eigenvalue weighted by atomic mass is 19.1. The molecule has 7 rings (SSSR count). The number of amides is 1. The first-order valence-corrected chi connectivity index (χ1v) is 21.5. The fraction of sp³-hybridized carbons (Fsp3) is 0.565. The summed E-state index contributed by atoms with van der Waals surface area (Å²) in [5.74, 6) is 1.66. The van der Waals surface area contributed by atoms with E-state index < -0.39 is 11.6 Å². The summed E-state index contributed by atoms with van der Waals surface area (Å²) < 4.78 is 37.9. The second kappa shape index (κ2) is 18.7. The molecule has 0 spiro atoms. The number of phenolic OH excluding ortho intramolecular Hbond substituents is 1. The first kappa shape index (κ1) is 42.5. The van der Waals surface area contributed by atoms with Crippen LogP contribution in [0, 0.1) is 29.4 Å². The Morgan fingerprint density at radius 3 is 2.37 bits per heavy atom. The Balaban J connectivity index is 0.941. The number of rotatable bonds is 16. The Bertz CT molecular complexity index is 2150. The third-order valence-electron chi connectivity index (χ3n) is 12.5. The maximum Gasteiger partial charge on any atom is 0.319 e. The number of aromatic hydroxyl groups is 1. The lowest BCUT2D eigenvalue weighted by Crippen LogP contribution is -2.51. The van der Waals surface area contributed by atoms with Gasteiger partial charge < -0.3 is 35.2 Å². The van der Waals surface area contributed by atoms with E-state index in [1.54, 1.807) is 6.20 Å². The molecule has 3 saturated heterocycles. The molecular formula is C46H60F2N8O3. The number of benzene rings is 2. The number of hydrogen-bond acceptors (Lipinski definition) is 10. The van der Waals surface area contributed by atoms with Gasteiger partial charge in [0.1, 0.15) is 28.6 Å². The molecule has 1 amide bonds. The number of nitrogens with one attached hydrogen (secondary N) is 2. The number of aromatic nitrogens is 3. The smallest absolute Gasteiger partial charge is 0.319 e. The summed E-state index contributed by atoms with van der Waals surface area (Å²) in [5.41, 5.74) is 0.159. The zero-order chi connectivity index (χ0) is 41.7. The molecule has 3 atom stereocenters. The monoisotopic (exact) mass is 810 g/mol. The molecule has 11 nitrogen and oxygen atoms in total. The van der Waals surface area contributed by atoms with Crippen molar-refractivity contribution >= 4 is 33.4 Å². The standard InChI is InChI=1S/C46H60F2N8O3/c1-6-35-38(47)17-14-31-25-34(57)26-36(40(31)35)42-41(48)43-37(27-49-42)44(56-28-32-15-16-33(29-56)51-32)53-45(52-43)59-24-12-19-55-22-20-54(21-23-55)18-11-9-7-8-10-13-39(58)50-30(2)46(3,4)5/h1,14,17,25-27,30,32-33,51,57H,7-13,15-16,18-24,28-29H2,2-5H3,(H,50,58). The Morgan fingerprint density at radius 2 is 1.68 bits per heavy atom. The van der Waals surface area contributed by atoms with Gasteiger partial charge in [0.05, 0.1) is 17.6 Å². The van der Waals surface area contributed by atoms with E-state index >= 15 is 4.39 Å². The molecular weight excluding hydrogens is 751 g/mol. The van der Waals surface area contributed by atoms with Crippen molar-refractivity contribution in [3.8, 4) is 35.4 Å². The van der Waals surface area contributed by atoms with Crippen LogP contribution in [-0.4, -0.2) is 113 Å². The van der Waals surface area contributed by atoms with Gasteiger partial charge in [0.15, 0.2) is 5.82 Å². The van der Waals surface area contributed by atoms with E-state index in [9.17, 15) is 14.3 Å². The summed E-state index contributed by atoms with van der Waals surface area (Å²) in [5, 5.41) is 18.6. The van der Waals surface area contributed by atoms with E-state index in [0.717, 1.165) is 90.9 Å². The molecule has 3 N–H and O–H groups in total. The summed E-state index contributed by atoms with van der Waals surface area (Å²) in [6.45, 7) is 16.4. The van der Waals surface area contributed by atoms with Crippen LogP contribution >= 0.6 is 0 Å². The van der Waals surface area contributed by atoms with Gasteiger partial charge in [0.25, 0.3) is 0 Å². The van der Waals surface area contributed by atoms with Crippen LogP contribution in [0.3, 0.4) is 0 Å². The normalized spacial score (nSPS) is 19.3. The molecule has 2 aromatic heterocycles. The minimum absolute atomic E-state index is 0.0315. The Morgan fingerprint density at radius 1 is 1.00 bits per heavy atom. The number of carbonyl (C=O) groups is 1. The van der Waals surface area contributed by atoms with Gasteiger partial charge in [-0.25, -0.2) is 8.78 Å². The van der Waals surface area contributed by atoms with Crippen molar-refractivity contribution in [2.75, 3.05) is 63.9 Å². The number of nitrogens with zero attached hydrogens (tertiary/aromatic N) is 6. The Hall–Kier alpha value is -4.64. The number of pyridine rings is 1. The zero-order valence-electron chi connectivity index (χ0n) is 35.1. The maximum absolute atomic E-state index is 16.9. The van der Waals surface area contributed by atoms with Crippen molar-refractivity contribution < 1.29 is 23.4 Å². The molecule has 2 bridgehead atoms. The van der Waals surface area contributed by atoms with E-state index in [2.05, 4.69) is 68.9 Å². The minimum Gasteiger partial charge on any atom is -0.508 e. The highest BCUT2D eigenvalue weighted by molar-refractivity contribution is 6.03. The fourth-order valence-electron chi connectivity index (χ4n) is 8.61. The lowest BCUT2D eigenvalue weighted by Gasteiger charge is -2.34. The van der Waals surface area contributed by atoms with Gasteiger partial charge in [-0.15, -0.1) is 6.42 Å². The number of carbonyl (C=O) groups excluding carboxylic acids is 1. The summed E-state index contributed by atoms with van der Waals surface area (Å²) in [7, 11) is 0. The summed E-state index contributed by atoms with van der Waals surface area (Å²) >= 11 is 0. The van der Waals surface area contributed by atoms with Crippen LogP contribution in [-0.2, 0) is 4.79 Å². The number of piperazine rings is 2. The molecule has 316 valence electrons. The Kier molecular flexibility index (Phi) is 13.5. The number of anilines is 1. The van der Waals surface area contributed by atoms with Crippen molar-refractivity contribution in [2.45, 2.75) is 104 Å². The van der Waals surface area contributed by atoms with Crippen LogP contribution in [0.1, 0.15) is 91.0 Å². The third-order valence-corrected chi connectivity index (χ3v) is 12.5. The van der Waals surface area contributed by atoms with Crippen LogP contribution in [0.15, 0.2) is 30.5 Å². The lowest BCUT2D eigenvalue weighted by molar-refractivity contribution is -0.122. The van der Waals surface area contributed by atoms with E-state index in [1.165, 1.54) is 37.1 Å². The topological polar surface area (TPSA) is 119 Å². The summed E-state index contributed by atoms with van der Waals surface area (Å²) in [6.07, 6.45) is 16.3. The molecule has 3 aliphatic rings. The number of ether oxygens (including phenoxy) is 1. The first-order chi connectivity index (χ1) is 28.4. The van der Waals surface area contributed by atoms with Crippen molar-refractivity contribution in [1.82, 2.24) is 35.4 Å². The number of unbranched alkanes of at least 4 members (excludes halogenated alkanes) is 4. The van der Waals surface area contributed by atoms with Crippen LogP contribution in [0.4, 0.5) is 14.6 Å². The third kappa shape index (κ3) is 10.2. The first-order valence-electron chi connectivity index (χ1n) is 21.5. The molecule has 3 aliphatic heterocycles. The van der Waals surface area contributed by atoms with Crippen LogP contribution in [0.5, 0.6) is 11.8 Å². The van der Waals surface area contributed by atoms with Gasteiger partial charge in [0, 0.05) is 87.5 Å². The highest BCUT2D eigenvalue weighted by Gasteiger charge is 2.34. The van der Waals surface area contributed by atoms with Crippen molar-refractivity contribution in [3.63, 3.8) is 0 Å². The fourth-order valence-corrected chi connectivity index (χ4v) is 8.61. The SMILES string of the molecule is C#Cc1c(F)ccc2cc(O)cc(-c3ncc4c(N5CC6CCC(C5)N6)nc(OCCCN5CCN(CCCCCCCC(=O)NC(C)C(C)(C)C)CC5)nc4c3F)c12. The van der Waals surface area contributed by atoms with Crippen LogP contribution in [0.2, 0.25) is 0 Å². The number of halogens is 2. The average Bonchev–Trinajstić information content (AvgIpc) is 3.55. The van der Waals surface area contributed by atoms with E-state index in [-0.39, 0.29) is 56.8 Å². The molecule has 2 aromatic carbocycles. The molecule has 0 aliphatic carbocycles. The summed E-state index contributed by atoms with van der Waals surface area (Å²) in [4.78, 5) is 33.4. The molecule has 4 aromatic rings. The molecule has 13 heteroatoms. The van der Waals surface area contributed by atoms with Crippen molar-refractivity contribution in [2.24, 2.45) is 5.41 Å². The van der Waals surface area contributed by atoms with Gasteiger partial charge >= 0.3 is 6.01 Å². The largest absolute Gasteiger partial charge is 0.508 e. The van der Waals surface area contributed by atoms with Gasteiger partial charge in [-0.2, -0.15) is 9.97 Å². The van der Waals surface area contributed by atoms with Crippen molar-refractivity contribution in [3.05, 3.63) is 47.7 Å². The molecule has 5 heterocycles. The number of terminal acetylenes is 1. The van der Waals surface area contributed by atoms with Crippen molar-refractivity contribution in [1.29, 1.82) is 0 Å². The maximum atomic E-state index is 16.9. The van der Waals surface area contributed by atoms with Gasteiger partial charge in [-0.05, 0) is 74.6 Å². The van der Waals surface area contributed by atoms with Gasteiger partial charge in [-0.1, -0.05) is 52.0 Å². The predicted octanol–water partition coefficient (Wildman–Crippen LogP) is 7.03. The number of fused-ring (bicyclic) bond motifs is 4. The number of phenols is 1. The second-order valence-corrected chi connectivity index (χ2v) is 17.8. The lowest BCUT2D eigenvalue weighted by atomic mass is 9.88. The quantitative estimate of drug-likeness (QED) is 0.0805. The highest BCUT2D eigenvalue weighted by Crippen LogP contribution is 2.39. The molecule has 0 radical (unpaired) electrons. The van der Waals surface area contributed by atoms with Gasteiger partial charge in [0.2, 0.25) is 5.91 Å². The second-order valence-electron chi connectivity index (χ2n) is 17.8. The average molecular weight is 811 g/mol. The molecule has 3 fully saturated rings. The van der Waals surface area contributed by atoms with Crippen LogP contribution in [0.25, 0.3) is 32.9 Å². The van der Waals surface area contributed by atoms with Crippen LogP contribution < -0.4 is 20.3 Å². The molecule has 0 saturated carbocycles. The molecule has 3 unspecified atom stereocenters. The van der Waals surface area contributed by atoms with E-state index in [1.807, 2.05) is 0 Å². The van der Waals surface area contributed by atoms with E-state index in [4.69, 9.17) is 16.1 Å². The molecule has 59 heavy (non-hydrogen) atoms. The Labute approximate surface area is 347 Å². The van der Waals surface area contributed by atoms with Gasteiger partial charge in [-0.3, -0.25) is 9.78 Å².